The summed E-state index contributed by atoms with van der Waals surface area (Å²) in [5.41, 5.74) is 1.52. The highest BCUT2D eigenvalue weighted by Gasteiger charge is 2.18. The van der Waals surface area contributed by atoms with Gasteiger partial charge in [0.15, 0.2) is 5.78 Å². The maximum Gasteiger partial charge on any atom is 0.322 e. The second-order valence-electron chi connectivity index (χ2n) is 6.88. The molecule has 0 aromatic heterocycles. The van der Waals surface area contributed by atoms with Crippen LogP contribution in [0.2, 0.25) is 5.02 Å². The summed E-state index contributed by atoms with van der Waals surface area (Å²) in [7, 11) is 0. The van der Waals surface area contributed by atoms with Crippen molar-refractivity contribution in [3.8, 4) is 0 Å². The molecule has 0 unspecified atom stereocenters. The quantitative estimate of drug-likeness (QED) is 0.445. The zero-order valence-electron chi connectivity index (χ0n) is 16.7. The molecule has 0 spiro atoms. The molecule has 0 saturated carbocycles. The number of ketones is 1. The molecule has 1 amide bonds. The molecule has 3 N–H and O–H groups in total. The van der Waals surface area contributed by atoms with Crippen LogP contribution in [0.4, 0.5) is 20.2 Å². The molecule has 0 fully saturated rings. The van der Waals surface area contributed by atoms with Gasteiger partial charge in [0.25, 0.3) is 5.91 Å². The van der Waals surface area contributed by atoms with Crippen LogP contribution >= 0.6 is 11.6 Å². The Morgan fingerprint density at radius 1 is 0.969 bits per heavy atom. The largest absolute Gasteiger partial charge is 0.480 e. The predicted molar refractivity (Wildman–Crippen MR) is 116 cm³/mol. The molecule has 6 nitrogen and oxygen atoms in total. The van der Waals surface area contributed by atoms with Gasteiger partial charge < -0.3 is 15.7 Å². The van der Waals surface area contributed by atoms with Crippen LogP contribution in [0.15, 0.2) is 54.6 Å². The van der Waals surface area contributed by atoms with Gasteiger partial charge in [-0.2, -0.15) is 0 Å². The first-order valence-corrected chi connectivity index (χ1v) is 9.70. The molecule has 0 aliphatic carbocycles. The fraction of sp³-hybridized carbons (Fsp3) is 0.0870. The Kier molecular flexibility index (Phi) is 6.85. The van der Waals surface area contributed by atoms with Crippen molar-refractivity contribution in [2.45, 2.75) is 6.92 Å². The minimum Gasteiger partial charge on any atom is -0.480 e. The summed E-state index contributed by atoms with van der Waals surface area (Å²) in [5, 5.41) is 13.8. The SMILES string of the molecule is Cc1ccc(C(=O)NCC(=O)O)cc1C(=O)c1ccc(Nc2ccc(F)cc2F)cc1Cl. The third-order valence-electron chi connectivity index (χ3n) is 4.57. The summed E-state index contributed by atoms with van der Waals surface area (Å²) >= 11 is 6.29. The van der Waals surface area contributed by atoms with E-state index in [0.29, 0.717) is 11.3 Å². The Morgan fingerprint density at radius 3 is 2.38 bits per heavy atom. The van der Waals surface area contributed by atoms with Gasteiger partial charge in [0.1, 0.15) is 18.2 Å². The van der Waals surface area contributed by atoms with E-state index in [2.05, 4.69) is 10.6 Å². The first-order valence-electron chi connectivity index (χ1n) is 9.32. The fourth-order valence-electron chi connectivity index (χ4n) is 2.93. The van der Waals surface area contributed by atoms with Crippen LogP contribution in [0.1, 0.15) is 31.8 Å². The van der Waals surface area contributed by atoms with Gasteiger partial charge in [0.05, 0.1) is 10.7 Å². The Hall–Kier alpha value is -3.78. The summed E-state index contributed by atoms with van der Waals surface area (Å²) in [5.74, 6) is -3.76. The van der Waals surface area contributed by atoms with Crippen LogP contribution in [0.25, 0.3) is 0 Å². The fourth-order valence-corrected chi connectivity index (χ4v) is 3.20. The lowest BCUT2D eigenvalue weighted by Crippen LogP contribution is -2.29. The summed E-state index contributed by atoms with van der Waals surface area (Å²) in [4.78, 5) is 35.8. The van der Waals surface area contributed by atoms with Crippen LogP contribution in [0.5, 0.6) is 0 Å². The number of anilines is 2. The number of rotatable bonds is 7. The lowest BCUT2D eigenvalue weighted by molar-refractivity contribution is -0.135. The minimum atomic E-state index is -1.19. The first kappa shape index (κ1) is 22.9. The van der Waals surface area contributed by atoms with Gasteiger partial charge >= 0.3 is 5.97 Å². The van der Waals surface area contributed by atoms with E-state index >= 15 is 0 Å². The molecular weight excluding hydrogens is 442 g/mol. The summed E-state index contributed by atoms with van der Waals surface area (Å²) in [6, 6.07) is 11.9. The molecule has 164 valence electrons. The number of benzene rings is 3. The highest BCUT2D eigenvalue weighted by molar-refractivity contribution is 6.35. The number of hydrogen-bond acceptors (Lipinski definition) is 4. The lowest BCUT2D eigenvalue weighted by atomic mass is 9.96. The Balaban J connectivity index is 1.85. The van der Waals surface area contributed by atoms with E-state index < -0.39 is 35.8 Å². The molecule has 0 aliphatic rings. The monoisotopic (exact) mass is 458 g/mol. The van der Waals surface area contributed by atoms with Gasteiger partial charge in [0.2, 0.25) is 0 Å². The van der Waals surface area contributed by atoms with E-state index in [-0.39, 0.29) is 27.4 Å². The van der Waals surface area contributed by atoms with Crippen molar-refractivity contribution in [2.24, 2.45) is 0 Å². The van der Waals surface area contributed by atoms with Crippen molar-refractivity contribution in [3.63, 3.8) is 0 Å². The smallest absolute Gasteiger partial charge is 0.322 e. The van der Waals surface area contributed by atoms with Crippen LogP contribution in [-0.4, -0.2) is 29.3 Å². The number of aliphatic carboxylic acids is 1. The number of hydrogen-bond donors (Lipinski definition) is 3. The van der Waals surface area contributed by atoms with E-state index in [1.54, 1.807) is 13.0 Å². The maximum absolute atomic E-state index is 13.9. The van der Waals surface area contributed by atoms with Gasteiger partial charge in [0, 0.05) is 28.4 Å². The average Bonchev–Trinajstić information content (AvgIpc) is 2.74. The van der Waals surface area contributed by atoms with E-state index in [1.165, 1.54) is 36.4 Å². The molecule has 9 heteroatoms. The number of carboxylic acids is 1. The van der Waals surface area contributed by atoms with Crippen LogP contribution in [0.3, 0.4) is 0 Å². The maximum atomic E-state index is 13.9. The average molecular weight is 459 g/mol. The summed E-state index contributed by atoms with van der Waals surface area (Å²) in [6.07, 6.45) is 0. The second-order valence-corrected chi connectivity index (χ2v) is 7.29. The topological polar surface area (TPSA) is 95.5 Å². The summed E-state index contributed by atoms with van der Waals surface area (Å²) in [6.45, 7) is 1.14. The van der Waals surface area contributed by atoms with Gasteiger partial charge in [-0.1, -0.05) is 17.7 Å². The highest BCUT2D eigenvalue weighted by Crippen LogP contribution is 2.28. The van der Waals surface area contributed by atoms with Crippen molar-refractivity contribution in [1.29, 1.82) is 0 Å². The van der Waals surface area contributed by atoms with Gasteiger partial charge in [-0.25, -0.2) is 8.78 Å². The van der Waals surface area contributed by atoms with Gasteiger partial charge in [-0.05, 0) is 55.0 Å². The number of aryl methyl sites for hydroxylation is 1. The first-order chi connectivity index (χ1) is 15.2. The number of carboxylic acid groups (broad SMARTS) is 1. The summed E-state index contributed by atoms with van der Waals surface area (Å²) < 4.78 is 26.9. The highest BCUT2D eigenvalue weighted by atomic mass is 35.5. The number of carbonyl (C=O) groups is 3. The van der Waals surface area contributed by atoms with Crippen molar-refractivity contribution < 1.29 is 28.3 Å². The van der Waals surface area contributed by atoms with Crippen molar-refractivity contribution in [1.82, 2.24) is 5.32 Å². The minimum absolute atomic E-state index is 0.0393. The zero-order chi connectivity index (χ0) is 23.4. The molecule has 3 rings (SSSR count). The van der Waals surface area contributed by atoms with Crippen molar-refractivity contribution >= 4 is 40.6 Å². The van der Waals surface area contributed by atoms with Crippen LogP contribution < -0.4 is 10.6 Å². The Bertz CT molecular complexity index is 1230. The van der Waals surface area contributed by atoms with E-state index in [1.807, 2.05) is 0 Å². The zero-order valence-corrected chi connectivity index (χ0v) is 17.5. The Labute approximate surface area is 186 Å². The number of halogens is 3. The molecule has 0 bridgehead atoms. The molecule has 0 radical (unpaired) electrons. The second kappa shape index (κ2) is 9.57. The molecule has 3 aromatic rings. The van der Waals surface area contributed by atoms with E-state index in [9.17, 15) is 23.2 Å². The third-order valence-corrected chi connectivity index (χ3v) is 4.88. The Morgan fingerprint density at radius 2 is 1.72 bits per heavy atom. The van der Waals surface area contributed by atoms with Crippen LogP contribution in [-0.2, 0) is 4.79 Å². The molecule has 3 aromatic carbocycles. The molecule has 0 saturated heterocycles. The van der Waals surface area contributed by atoms with Crippen molar-refractivity contribution in [3.05, 3.63) is 93.5 Å². The van der Waals surface area contributed by atoms with E-state index in [4.69, 9.17) is 16.7 Å². The molecule has 0 heterocycles. The molecule has 0 aliphatic heterocycles. The lowest BCUT2D eigenvalue weighted by Gasteiger charge is -2.12. The number of nitrogens with one attached hydrogen (secondary N) is 2. The van der Waals surface area contributed by atoms with Gasteiger partial charge in [-0.3, -0.25) is 14.4 Å². The standard InChI is InChI=1S/C23H17ClF2N2O4/c1-12-2-3-13(23(32)27-11-21(29)30)8-17(12)22(31)16-6-5-15(10-18(16)24)28-20-7-4-14(25)9-19(20)26/h2-10,28H,11H2,1H3,(H,27,32)(H,29,30). The normalized spacial score (nSPS) is 10.5. The molecular formula is C23H17ClF2N2O4. The number of amides is 1. The molecule has 0 atom stereocenters. The third kappa shape index (κ3) is 5.28. The van der Waals surface area contributed by atoms with Gasteiger partial charge in [-0.15, -0.1) is 0 Å². The van der Waals surface area contributed by atoms with Crippen LogP contribution in [0, 0.1) is 18.6 Å². The molecule has 32 heavy (non-hydrogen) atoms. The van der Waals surface area contributed by atoms with E-state index in [0.717, 1.165) is 12.1 Å². The van der Waals surface area contributed by atoms with Crippen molar-refractivity contribution in [2.75, 3.05) is 11.9 Å². The predicted octanol–water partition coefficient (Wildman–Crippen LogP) is 4.72. The number of carbonyl (C=O) groups excluding carboxylic acids is 2.